The van der Waals surface area contributed by atoms with Gasteiger partial charge in [-0.15, -0.1) is 0 Å². The monoisotopic (exact) mass is 534 g/mol. The van der Waals surface area contributed by atoms with Gasteiger partial charge in [-0.1, -0.05) is 48.0 Å². The van der Waals surface area contributed by atoms with Gasteiger partial charge in [0.05, 0.1) is 18.2 Å². The third-order valence-electron chi connectivity index (χ3n) is 5.84. The van der Waals surface area contributed by atoms with Crippen LogP contribution in [0.5, 0.6) is 5.75 Å². The van der Waals surface area contributed by atoms with Crippen LogP contribution in [0.4, 0.5) is 0 Å². The molecule has 1 atom stereocenters. The molecule has 7 heteroatoms. The lowest BCUT2D eigenvalue weighted by Gasteiger charge is -2.25. The van der Waals surface area contributed by atoms with Crippen LogP contribution >= 0.6 is 15.9 Å². The number of carbonyl (C=O) groups excluding carboxylic acids is 2. The Morgan fingerprint density at radius 3 is 2.51 bits per heavy atom. The van der Waals surface area contributed by atoms with Gasteiger partial charge < -0.3 is 14.7 Å². The first-order valence-electron chi connectivity index (χ1n) is 11.4. The number of ether oxygens (including phenoxy) is 1. The number of halogens is 1. The quantitative estimate of drug-likeness (QED) is 0.235. The number of amides is 1. The van der Waals surface area contributed by atoms with Gasteiger partial charge in [0, 0.05) is 29.0 Å². The van der Waals surface area contributed by atoms with Crippen LogP contribution in [0.15, 0.2) is 77.0 Å². The van der Waals surface area contributed by atoms with Crippen LogP contribution in [-0.4, -0.2) is 33.3 Å². The Bertz CT molecular complexity index is 1270. The van der Waals surface area contributed by atoms with Crippen molar-refractivity contribution in [2.45, 2.75) is 33.4 Å². The maximum absolute atomic E-state index is 13.3. The fraction of sp³-hybridized carbons (Fsp3) is 0.250. The van der Waals surface area contributed by atoms with Gasteiger partial charge in [0.15, 0.2) is 0 Å². The van der Waals surface area contributed by atoms with Gasteiger partial charge in [-0.2, -0.15) is 0 Å². The van der Waals surface area contributed by atoms with E-state index in [4.69, 9.17) is 4.74 Å². The van der Waals surface area contributed by atoms with E-state index in [0.717, 1.165) is 21.2 Å². The van der Waals surface area contributed by atoms with Gasteiger partial charge in [-0.3, -0.25) is 14.6 Å². The number of hydrogen-bond donors (Lipinski definition) is 1. The van der Waals surface area contributed by atoms with E-state index in [1.54, 1.807) is 30.6 Å². The van der Waals surface area contributed by atoms with E-state index in [9.17, 15) is 14.7 Å². The molecular weight excluding hydrogens is 508 g/mol. The molecule has 6 nitrogen and oxygen atoms in total. The summed E-state index contributed by atoms with van der Waals surface area (Å²) < 4.78 is 6.67. The highest BCUT2D eigenvalue weighted by molar-refractivity contribution is 9.10. The van der Waals surface area contributed by atoms with Crippen molar-refractivity contribution in [1.29, 1.82) is 0 Å². The van der Waals surface area contributed by atoms with Crippen LogP contribution in [0.1, 0.15) is 42.1 Å². The van der Waals surface area contributed by atoms with Crippen molar-refractivity contribution in [3.63, 3.8) is 0 Å². The van der Waals surface area contributed by atoms with Gasteiger partial charge >= 0.3 is 0 Å². The summed E-state index contributed by atoms with van der Waals surface area (Å²) >= 11 is 3.44. The molecule has 1 saturated heterocycles. The summed E-state index contributed by atoms with van der Waals surface area (Å²) in [5.41, 5.74) is 2.83. The van der Waals surface area contributed by atoms with Crippen molar-refractivity contribution < 1.29 is 19.4 Å². The first kappa shape index (κ1) is 24.7. The number of Topliss-reactive ketones (excluding diaryl/α,β-unsaturated/α-hetero) is 1. The molecule has 4 rings (SSSR count). The average molecular weight is 535 g/mol. The Morgan fingerprint density at radius 2 is 1.89 bits per heavy atom. The highest BCUT2D eigenvalue weighted by Gasteiger charge is 2.46. The molecule has 0 radical (unpaired) electrons. The second-order valence-corrected chi connectivity index (χ2v) is 9.94. The van der Waals surface area contributed by atoms with E-state index in [2.05, 4.69) is 34.8 Å². The van der Waals surface area contributed by atoms with Crippen LogP contribution in [0.25, 0.3) is 5.76 Å². The molecule has 0 spiro atoms. The second kappa shape index (κ2) is 10.4. The summed E-state index contributed by atoms with van der Waals surface area (Å²) in [6.45, 7) is 6.75. The first-order chi connectivity index (χ1) is 16.8. The number of benzene rings is 2. The molecule has 0 aliphatic carbocycles. The van der Waals surface area contributed by atoms with E-state index in [1.807, 2.05) is 43.3 Å². The Labute approximate surface area is 213 Å². The van der Waals surface area contributed by atoms with Crippen LogP contribution in [0, 0.1) is 12.8 Å². The van der Waals surface area contributed by atoms with Crippen molar-refractivity contribution >= 4 is 33.4 Å². The van der Waals surface area contributed by atoms with E-state index in [-0.39, 0.29) is 17.9 Å². The summed E-state index contributed by atoms with van der Waals surface area (Å²) in [4.78, 5) is 32.1. The molecule has 1 N–H and O–H groups in total. The smallest absolute Gasteiger partial charge is 0.295 e. The fourth-order valence-electron chi connectivity index (χ4n) is 4.12. The molecule has 1 fully saturated rings. The van der Waals surface area contributed by atoms with Crippen molar-refractivity contribution in [2.24, 2.45) is 5.92 Å². The lowest BCUT2D eigenvalue weighted by atomic mass is 9.94. The second-order valence-electron chi connectivity index (χ2n) is 9.02. The summed E-state index contributed by atoms with van der Waals surface area (Å²) in [7, 11) is 0. The van der Waals surface area contributed by atoms with Crippen LogP contribution in [0.3, 0.4) is 0 Å². The van der Waals surface area contributed by atoms with Gasteiger partial charge in [-0.05, 0) is 65.9 Å². The zero-order chi connectivity index (χ0) is 25.1. The standard InChI is InChI=1S/C28H27BrN2O4/c1-17(2)16-35-22-10-11-23(18(3)13-22)26(32)24-25(20-6-8-21(29)9-7-20)31(28(34)27(24)33)15-19-5-4-12-30-14-19/h4-14,17,25,32H,15-16H2,1-3H3/t25-/m0/s1. The molecular formula is C28H27BrN2O4. The lowest BCUT2D eigenvalue weighted by Crippen LogP contribution is -2.29. The largest absolute Gasteiger partial charge is 0.507 e. The summed E-state index contributed by atoms with van der Waals surface area (Å²) in [6, 6.07) is 15.6. The lowest BCUT2D eigenvalue weighted by molar-refractivity contribution is -0.140. The zero-order valence-corrected chi connectivity index (χ0v) is 21.5. The number of carbonyl (C=O) groups is 2. The Hall–Kier alpha value is -3.45. The number of nitrogens with zero attached hydrogens (tertiary/aromatic N) is 2. The molecule has 35 heavy (non-hydrogen) atoms. The van der Waals surface area contributed by atoms with E-state index < -0.39 is 17.7 Å². The minimum atomic E-state index is -0.737. The maximum Gasteiger partial charge on any atom is 0.295 e. The number of aliphatic hydroxyl groups excluding tert-OH is 1. The number of ketones is 1. The molecule has 1 aliphatic rings. The molecule has 180 valence electrons. The third kappa shape index (κ3) is 5.30. The minimum absolute atomic E-state index is 0.0696. The number of aliphatic hydroxyl groups is 1. The van der Waals surface area contributed by atoms with E-state index >= 15 is 0 Å². The highest BCUT2D eigenvalue weighted by Crippen LogP contribution is 2.41. The summed E-state index contributed by atoms with van der Waals surface area (Å²) in [5, 5.41) is 11.4. The van der Waals surface area contributed by atoms with Crippen molar-refractivity contribution in [1.82, 2.24) is 9.88 Å². The minimum Gasteiger partial charge on any atom is -0.507 e. The summed E-state index contributed by atoms with van der Waals surface area (Å²) in [6.07, 6.45) is 3.32. The van der Waals surface area contributed by atoms with Crippen LogP contribution in [0.2, 0.25) is 0 Å². The predicted octanol–water partition coefficient (Wildman–Crippen LogP) is 5.81. The van der Waals surface area contributed by atoms with Crippen molar-refractivity contribution in [2.75, 3.05) is 6.61 Å². The molecule has 3 aromatic rings. The highest BCUT2D eigenvalue weighted by atomic mass is 79.9. The van der Waals surface area contributed by atoms with Gasteiger partial charge in [0.2, 0.25) is 0 Å². The number of hydrogen-bond acceptors (Lipinski definition) is 5. The maximum atomic E-state index is 13.3. The number of rotatable bonds is 7. The summed E-state index contributed by atoms with van der Waals surface area (Å²) in [5.74, 6) is -0.492. The van der Waals surface area contributed by atoms with Crippen molar-refractivity contribution in [3.05, 3.63) is 99.3 Å². The number of likely N-dealkylation sites (tertiary alicyclic amines) is 1. The fourth-order valence-corrected chi connectivity index (χ4v) is 4.39. The van der Waals surface area contributed by atoms with E-state index in [1.165, 1.54) is 4.90 Å². The molecule has 0 saturated carbocycles. The van der Waals surface area contributed by atoms with Gasteiger partial charge in [0.25, 0.3) is 11.7 Å². The Kier molecular flexibility index (Phi) is 7.36. The molecule has 1 aromatic heterocycles. The first-order valence-corrected chi connectivity index (χ1v) is 12.2. The number of aromatic nitrogens is 1. The van der Waals surface area contributed by atoms with Gasteiger partial charge in [0.1, 0.15) is 11.5 Å². The topological polar surface area (TPSA) is 79.7 Å². The number of pyridine rings is 1. The molecule has 2 aromatic carbocycles. The molecule has 1 aliphatic heterocycles. The number of aryl methyl sites for hydroxylation is 1. The molecule has 2 heterocycles. The average Bonchev–Trinajstić information content (AvgIpc) is 3.08. The van der Waals surface area contributed by atoms with Crippen LogP contribution < -0.4 is 4.74 Å². The van der Waals surface area contributed by atoms with Gasteiger partial charge in [-0.25, -0.2) is 0 Å². The molecule has 0 bridgehead atoms. The SMILES string of the molecule is Cc1cc(OCC(C)C)ccc1C(O)=C1C(=O)C(=O)N(Cc2cccnc2)[C@H]1c1ccc(Br)cc1. The Morgan fingerprint density at radius 1 is 1.14 bits per heavy atom. The van der Waals surface area contributed by atoms with Crippen molar-refractivity contribution in [3.8, 4) is 5.75 Å². The third-order valence-corrected chi connectivity index (χ3v) is 6.37. The predicted molar refractivity (Wildman–Crippen MR) is 138 cm³/mol. The van der Waals surface area contributed by atoms with Crippen LogP contribution in [-0.2, 0) is 16.1 Å². The van der Waals surface area contributed by atoms with E-state index in [0.29, 0.717) is 23.8 Å². The Balaban J connectivity index is 1.79. The molecule has 0 unspecified atom stereocenters. The molecule has 1 amide bonds. The zero-order valence-electron chi connectivity index (χ0n) is 19.9. The normalized spacial score (nSPS) is 17.3.